The molecule has 8 heteroatoms. The fourth-order valence-electron chi connectivity index (χ4n) is 2.68. The number of hydrogen-bond donors (Lipinski definition) is 0. The van der Waals surface area contributed by atoms with E-state index in [1.807, 2.05) is 30.3 Å². The lowest BCUT2D eigenvalue weighted by molar-refractivity contribution is 0.0609. The molecule has 122 valence electrons. The third-order valence-corrected chi connectivity index (χ3v) is 3.80. The molecule has 0 aliphatic carbocycles. The molecule has 1 aromatic heterocycles. The Labute approximate surface area is 130 Å². The molecule has 5 nitrogen and oxygen atoms in total. The molecule has 2 atom stereocenters. The maximum Gasteiger partial charge on any atom is 0.293 e. The molecule has 1 aromatic carbocycles. The van der Waals surface area contributed by atoms with Crippen LogP contribution < -0.4 is 0 Å². The molecule has 2 unspecified atom stereocenters. The van der Waals surface area contributed by atoms with Crippen molar-refractivity contribution >= 4 is 5.91 Å². The second-order valence-corrected chi connectivity index (χ2v) is 5.44. The summed E-state index contributed by atoms with van der Waals surface area (Å²) in [6, 6.07) is 8.86. The number of benzene rings is 1. The van der Waals surface area contributed by atoms with Crippen molar-refractivity contribution < 1.29 is 18.0 Å². The molecule has 1 aliphatic rings. The minimum absolute atomic E-state index is 0.0626. The molecule has 0 fully saturated rings. The van der Waals surface area contributed by atoms with Crippen LogP contribution in [0, 0.1) is 0 Å². The molecule has 23 heavy (non-hydrogen) atoms. The number of halogens is 3. The van der Waals surface area contributed by atoms with Crippen molar-refractivity contribution in [3.05, 3.63) is 47.5 Å². The van der Waals surface area contributed by atoms with Crippen LogP contribution in [0.1, 0.15) is 40.6 Å². The summed E-state index contributed by atoms with van der Waals surface area (Å²) in [7, 11) is 1.24. The maximum atomic E-state index is 14.2. The molecule has 1 amide bonds. The topological polar surface area (TPSA) is 51.0 Å². The van der Waals surface area contributed by atoms with Gasteiger partial charge in [0, 0.05) is 13.5 Å². The third kappa shape index (κ3) is 2.93. The van der Waals surface area contributed by atoms with Crippen LogP contribution in [0.3, 0.4) is 0 Å². The first-order valence-electron chi connectivity index (χ1n) is 7.16. The van der Waals surface area contributed by atoms with Crippen molar-refractivity contribution in [3.8, 4) is 0 Å². The van der Waals surface area contributed by atoms with Crippen molar-refractivity contribution in [1.82, 2.24) is 19.7 Å². The molecule has 0 saturated heterocycles. The van der Waals surface area contributed by atoms with Crippen molar-refractivity contribution in [1.29, 1.82) is 0 Å². The summed E-state index contributed by atoms with van der Waals surface area (Å²) >= 11 is 0. The molecule has 1 aliphatic heterocycles. The highest BCUT2D eigenvalue weighted by Crippen LogP contribution is 2.39. The van der Waals surface area contributed by atoms with Gasteiger partial charge in [0.2, 0.25) is 5.82 Å². The van der Waals surface area contributed by atoms with Crippen LogP contribution >= 0.6 is 0 Å². The van der Waals surface area contributed by atoms with E-state index in [0.29, 0.717) is 0 Å². The average Bonchev–Trinajstić information content (AvgIpc) is 3.08. The average molecular weight is 324 g/mol. The van der Waals surface area contributed by atoms with Crippen LogP contribution in [-0.2, 0) is 0 Å². The molecule has 2 heterocycles. The standard InChI is InChI=1S/C15H15F3N4O/c1-21(8-12(17)18)15(23)13-19-14-10(16)7-11(22(14)20-13)9-5-3-2-4-6-9/h2-6,10-12H,7-8H2,1H3. The predicted octanol–water partition coefficient (Wildman–Crippen LogP) is 2.62. The second kappa shape index (κ2) is 6.02. The lowest BCUT2D eigenvalue weighted by Crippen LogP contribution is -2.32. The van der Waals surface area contributed by atoms with Crippen molar-refractivity contribution in [2.45, 2.75) is 25.1 Å². The quantitative estimate of drug-likeness (QED) is 0.869. The van der Waals surface area contributed by atoms with Gasteiger partial charge < -0.3 is 4.90 Å². The zero-order chi connectivity index (χ0) is 16.6. The Morgan fingerprint density at radius 3 is 2.74 bits per heavy atom. The molecule has 0 spiro atoms. The summed E-state index contributed by atoms with van der Waals surface area (Å²) in [4.78, 5) is 16.8. The van der Waals surface area contributed by atoms with Gasteiger partial charge in [0.25, 0.3) is 12.3 Å². The van der Waals surface area contributed by atoms with Crippen LogP contribution in [0.4, 0.5) is 13.2 Å². The van der Waals surface area contributed by atoms with Crippen molar-refractivity contribution in [2.75, 3.05) is 13.6 Å². The van der Waals surface area contributed by atoms with E-state index < -0.39 is 25.0 Å². The monoisotopic (exact) mass is 324 g/mol. The van der Waals surface area contributed by atoms with E-state index in [2.05, 4.69) is 10.1 Å². The highest BCUT2D eigenvalue weighted by molar-refractivity contribution is 5.90. The van der Waals surface area contributed by atoms with E-state index in [1.54, 1.807) is 0 Å². The minimum atomic E-state index is -2.65. The molecule has 2 aromatic rings. The van der Waals surface area contributed by atoms with Crippen LogP contribution in [0.15, 0.2) is 30.3 Å². The van der Waals surface area contributed by atoms with Crippen molar-refractivity contribution in [2.24, 2.45) is 0 Å². The first kappa shape index (κ1) is 15.5. The largest absolute Gasteiger partial charge is 0.333 e. The fraction of sp³-hybridized carbons (Fsp3) is 0.400. The zero-order valence-corrected chi connectivity index (χ0v) is 12.4. The van der Waals surface area contributed by atoms with E-state index in [1.165, 1.54) is 11.7 Å². The molecule has 0 radical (unpaired) electrons. The van der Waals surface area contributed by atoms with Gasteiger partial charge in [-0.25, -0.2) is 22.8 Å². The van der Waals surface area contributed by atoms with Gasteiger partial charge in [-0.2, -0.15) is 0 Å². The first-order chi connectivity index (χ1) is 11.0. The summed E-state index contributed by atoms with van der Waals surface area (Å²) < 4.78 is 40.3. The molecule has 3 rings (SSSR count). The minimum Gasteiger partial charge on any atom is -0.333 e. The van der Waals surface area contributed by atoms with E-state index >= 15 is 0 Å². The number of aromatic nitrogens is 3. The number of amides is 1. The zero-order valence-electron chi connectivity index (χ0n) is 12.4. The van der Waals surface area contributed by atoms with Gasteiger partial charge in [0.1, 0.15) is 0 Å². The molecular formula is C15H15F3N4O. The Kier molecular flexibility index (Phi) is 4.06. The number of hydrogen-bond acceptors (Lipinski definition) is 3. The summed E-state index contributed by atoms with van der Waals surface area (Å²) in [5, 5.41) is 4.06. The highest BCUT2D eigenvalue weighted by Gasteiger charge is 2.36. The molecule has 0 N–H and O–H groups in total. The highest BCUT2D eigenvalue weighted by atomic mass is 19.3. The van der Waals surface area contributed by atoms with Gasteiger partial charge in [-0.3, -0.25) is 4.79 Å². The van der Waals surface area contributed by atoms with Gasteiger partial charge in [0.05, 0.1) is 12.6 Å². The van der Waals surface area contributed by atoms with E-state index in [4.69, 9.17) is 0 Å². The van der Waals surface area contributed by atoms with Crippen LogP contribution in [0.2, 0.25) is 0 Å². The third-order valence-electron chi connectivity index (χ3n) is 3.80. The normalized spacial score (nSPS) is 19.9. The Hall–Kier alpha value is -2.38. The number of rotatable bonds is 4. The smallest absolute Gasteiger partial charge is 0.293 e. The van der Waals surface area contributed by atoms with Crippen molar-refractivity contribution in [3.63, 3.8) is 0 Å². The van der Waals surface area contributed by atoms with Gasteiger partial charge in [0.15, 0.2) is 12.0 Å². The summed E-state index contributed by atoms with van der Waals surface area (Å²) in [6.45, 7) is -0.718. The van der Waals surface area contributed by atoms with Crippen LogP contribution in [-0.4, -0.2) is 45.6 Å². The number of fused-ring (bicyclic) bond motifs is 1. The molecule has 0 bridgehead atoms. The van der Waals surface area contributed by atoms with Crippen LogP contribution in [0.25, 0.3) is 0 Å². The number of alkyl halides is 3. The SMILES string of the molecule is CN(CC(F)F)C(=O)c1nc2n(n1)C(c1ccccc1)CC2F. The molecular weight excluding hydrogens is 309 g/mol. The lowest BCUT2D eigenvalue weighted by Gasteiger charge is -2.15. The van der Waals surface area contributed by atoms with Gasteiger partial charge in [-0.1, -0.05) is 30.3 Å². The summed E-state index contributed by atoms with van der Waals surface area (Å²) in [5.41, 5.74) is 0.860. The maximum absolute atomic E-state index is 14.2. The Morgan fingerprint density at radius 2 is 2.09 bits per heavy atom. The second-order valence-electron chi connectivity index (χ2n) is 5.44. The molecule has 0 saturated carbocycles. The lowest BCUT2D eigenvalue weighted by atomic mass is 10.0. The van der Waals surface area contributed by atoms with Gasteiger partial charge >= 0.3 is 0 Å². The van der Waals surface area contributed by atoms with E-state index in [9.17, 15) is 18.0 Å². The van der Waals surface area contributed by atoms with Gasteiger partial charge in [-0.15, -0.1) is 5.10 Å². The van der Waals surface area contributed by atoms with Crippen LogP contribution in [0.5, 0.6) is 0 Å². The van der Waals surface area contributed by atoms with E-state index in [-0.39, 0.29) is 24.1 Å². The first-order valence-corrected chi connectivity index (χ1v) is 7.16. The predicted molar refractivity (Wildman–Crippen MR) is 76.0 cm³/mol. The summed E-state index contributed by atoms with van der Waals surface area (Å²) in [6.07, 6.45) is -3.79. The Bertz CT molecular complexity index is 704. The number of carbonyl (C=O) groups excluding carboxylic acids is 1. The van der Waals surface area contributed by atoms with Gasteiger partial charge in [-0.05, 0) is 5.56 Å². The Balaban J connectivity index is 1.88. The van der Waals surface area contributed by atoms with E-state index in [0.717, 1.165) is 10.5 Å². The Morgan fingerprint density at radius 1 is 1.39 bits per heavy atom. The number of nitrogens with zero attached hydrogens (tertiary/aromatic N) is 4. The summed E-state index contributed by atoms with van der Waals surface area (Å²) in [5.74, 6) is -0.940. The fourth-order valence-corrected chi connectivity index (χ4v) is 2.68. The number of carbonyl (C=O) groups is 1.